The summed E-state index contributed by atoms with van der Waals surface area (Å²) in [6.07, 6.45) is 3.96. The molecule has 1 aromatic heterocycles. The van der Waals surface area contributed by atoms with Gasteiger partial charge in [0.1, 0.15) is 0 Å². The summed E-state index contributed by atoms with van der Waals surface area (Å²) in [5.74, 6) is -2.70. The molecule has 9 heteroatoms. The number of benzene rings is 1. The zero-order chi connectivity index (χ0) is 21.2. The van der Waals surface area contributed by atoms with Crippen molar-refractivity contribution in [3.05, 3.63) is 54.4 Å². The second kappa shape index (κ2) is 8.54. The molecule has 1 aromatic carbocycles. The molecule has 2 aromatic rings. The quantitative estimate of drug-likeness (QED) is 0.741. The molecule has 0 bridgehead atoms. The van der Waals surface area contributed by atoms with Crippen molar-refractivity contribution in [3.63, 3.8) is 0 Å². The highest BCUT2D eigenvalue weighted by Crippen LogP contribution is 2.28. The number of halogens is 2. The third kappa shape index (κ3) is 4.45. The van der Waals surface area contributed by atoms with Gasteiger partial charge in [-0.05, 0) is 57.0 Å². The van der Waals surface area contributed by atoms with Crippen LogP contribution in [0.4, 0.5) is 14.5 Å². The molecule has 0 aliphatic carbocycles. The monoisotopic (exact) mass is 423 g/mol. The number of aromatic nitrogens is 1. The number of hydrogen-bond acceptors (Lipinski definition) is 4. The lowest BCUT2D eigenvalue weighted by Crippen LogP contribution is -2.46. The van der Waals surface area contributed by atoms with E-state index in [1.807, 2.05) is 19.9 Å². The number of carbonyl (C=O) groups is 1. The summed E-state index contributed by atoms with van der Waals surface area (Å²) in [6, 6.07) is 6.03. The molecule has 6 nitrogen and oxygen atoms in total. The van der Waals surface area contributed by atoms with Crippen LogP contribution in [0.15, 0.2) is 47.6 Å². The standard InChI is InChI=1S/C20H23F2N3O3S/c1-14(2)25(16-4-3-9-23-13-16)20(26)15-7-10-24(11-8-15)29(27,28)17-5-6-18(21)19(22)12-17/h3-6,9,12-15H,7-8,10-11H2,1-2H3. The molecule has 1 aliphatic rings. The van der Waals surface area contributed by atoms with E-state index in [0.29, 0.717) is 24.6 Å². The van der Waals surface area contributed by atoms with Crippen molar-refractivity contribution in [2.45, 2.75) is 37.6 Å². The average Bonchev–Trinajstić information content (AvgIpc) is 2.70. The minimum Gasteiger partial charge on any atom is -0.308 e. The van der Waals surface area contributed by atoms with Gasteiger partial charge in [0, 0.05) is 31.2 Å². The van der Waals surface area contributed by atoms with Crippen LogP contribution >= 0.6 is 0 Å². The first-order chi connectivity index (χ1) is 13.7. The van der Waals surface area contributed by atoms with Crippen molar-refractivity contribution in [2.75, 3.05) is 18.0 Å². The van der Waals surface area contributed by atoms with Gasteiger partial charge in [0.25, 0.3) is 0 Å². The molecule has 3 rings (SSSR count). The summed E-state index contributed by atoms with van der Waals surface area (Å²) in [4.78, 5) is 18.5. The van der Waals surface area contributed by atoms with Gasteiger partial charge < -0.3 is 4.90 Å². The molecular weight excluding hydrogens is 400 g/mol. The Kier molecular flexibility index (Phi) is 6.28. The van der Waals surface area contributed by atoms with Crippen molar-refractivity contribution in [1.82, 2.24) is 9.29 Å². The fourth-order valence-electron chi connectivity index (χ4n) is 3.50. The summed E-state index contributed by atoms with van der Waals surface area (Å²) in [7, 11) is -3.95. The minimum absolute atomic E-state index is 0.0714. The molecule has 0 unspecified atom stereocenters. The third-order valence-electron chi connectivity index (χ3n) is 5.01. The van der Waals surface area contributed by atoms with E-state index in [1.165, 1.54) is 4.31 Å². The van der Waals surface area contributed by atoms with Crippen LogP contribution < -0.4 is 4.90 Å². The minimum atomic E-state index is -3.95. The summed E-state index contributed by atoms with van der Waals surface area (Å²) in [6.45, 7) is 4.09. The first kappa shape index (κ1) is 21.3. The van der Waals surface area contributed by atoms with Crippen LogP contribution in [0.3, 0.4) is 0 Å². The third-order valence-corrected chi connectivity index (χ3v) is 6.90. The predicted molar refractivity (Wildman–Crippen MR) is 105 cm³/mol. The molecule has 156 valence electrons. The molecular formula is C20H23F2N3O3S. The highest BCUT2D eigenvalue weighted by molar-refractivity contribution is 7.89. The Morgan fingerprint density at radius 2 is 1.86 bits per heavy atom. The Balaban J connectivity index is 1.72. The SMILES string of the molecule is CC(C)N(C(=O)C1CCN(S(=O)(=O)c2ccc(F)c(F)c2)CC1)c1cccnc1. The fourth-order valence-corrected chi connectivity index (χ4v) is 4.98. The van der Waals surface area contributed by atoms with Gasteiger partial charge in [-0.25, -0.2) is 17.2 Å². The summed E-state index contributed by atoms with van der Waals surface area (Å²) >= 11 is 0. The molecule has 0 N–H and O–H groups in total. The maximum absolute atomic E-state index is 13.5. The molecule has 1 amide bonds. The molecule has 1 aliphatic heterocycles. The molecule has 0 atom stereocenters. The maximum atomic E-state index is 13.5. The van der Waals surface area contributed by atoms with Crippen LogP contribution in [0.2, 0.25) is 0 Å². The second-order valence-corrected chi connectivity index (χ2v) is 9.21. The van der Waals surface area contributed by atoms with Crippen LogP contribution in [-0.2, 0) is 14.8 Å². The van der Waals surface area contributed by atoms with E-state index in [1.54, 1.807) is 23.4 Å². The van der Waals surface area contributed by atoms with Gasteiger partial charge in [-0.3, -0.25) is 9.78 Å². The van der Waals surface area contributed by atoms with Crippen molar-refractivity contribution >= 4 is 21.6 Å². The topological polar surface area (TPSA) is 70.6 Å². The molecule has 1 saturated heterocycles. The number of anilines is 1. The molecule has 0 saturated carbocycles. The van der Waals surface area contributed by atoms with Crippen LogP contribution in [0, 0.1) is 17.6 Å². The van der Waals surface area contributed by atoms with Crippen molar-refractivity contribution in [2.24, 2.45) is 5.92 Å². The van der Waals surface area contributed by atoms with Gasteiger partial charge in [-0.15, -0.1) is 0 Å². The molecule has 29 heavy (non-hydrogen) atoms. The van der Waals surface area contributed by atoms with E-state index in [4.69, 9.17) is 0 Å². The van der Waals surface area contributed by atoms with E-state index in [9.17, 15) is 22.0 Å². The number of sulfonamides is 1. The zero-order valence-corrected chi connectivity index (χ0v) is 17.1. The van der Waals surface area contributed by atoms with Gasteiger partial charge >= 0.3 is 0 Å². The summed E-state index contributed by atoms with van der Waals surface area (Å²) < 4.78 is 53.2. The first-order valence-corrected chi connectivity index (χ1v) is 10.8. The maximum Gasteiger partial charge on any atom is 0.243 e. The Bertz CT molecular complexity index is 976. The predicted octanol–water partition coefficient (Wildman–Crippen LogP) is 3.20. The lowest BCUT2D eigenvalue weighted by atomic mass is 9.95. The number of pyridine rings is 1. The van der Waals surface area contributed by atoms with Gasteiger partial charge in [0.05, 0.1) is 16.8 Å². The lowest BCUT2D eigenvalue weighted by molar-refractivity contribution is -0.123. The summed E-state index contributed by atoms with van der Waals surface area (Å²) in [5.41, 5.74) is 0.698. The Morgan fingerprint density at radius 3 is 2.41 bits per heavy atom. The fraction of sp³-hybridized carbons (Fsp3) is 0.400. The molecule has 0 spiro atoms. The van der Waals surface area contributed by atoms with Gasteiger partial charge in [-0.1, -0.05) is 0 Å². The van der Waals surface area contributed by atoms with Crippen molar-refractivity contribution in [3.8, 4) is 0 Å². The van der Waals surface area contributed by atoms with E-state index in [0.717, 1.165) is 12.1 Å². The number of carbonyl (C=O) groups excluding carboxylic acids is 1. The average molecular weight is 423 g/mol. The number of piperidine rings is 1. The van der Waals surface area contributed by atoms with Gasteiger partial charge in [-0.2, -0.15) is 4.31 Å². The Hall–Kier alpha value is -2.39. The van der Waals surface area contributed by atoms with E-state index < -0.39 is 21.7 Å². The normalized spacial score (nSPS) is 16.2. The molecule has 0 radical (unpaired) electrons. The summed E-state index contributed by atoms with van der Waals surface area (Å²) in [5, 5.41) is 0. The van der Waals surface area contributed by atoms with Crippen molar-refractivity contribution < 1.29 is 22.0 Å². The van der Waals surface area contributed by atoms with Crippen molar-refractivity contribution in [1.29, 1.82) is 0 Å². The number of hydrogen-bond donors (Lipinski definition) is 0. The molecule has 1 fully saturated rings. The van der Waals surface area contributed by atoms with Crippen LogP contribution in [-0.4, -0.2) is 42.7 Å². The van der Waals surface area contributed by atoms with Crippen LogP contribution in [0.25, 0.3) is 0 Å². The van der Waals surface area contributed by atoms with Gasteiger partial charge in [0.2, 0.25) is 15.9 Å². The van der Waals surface area contributed by atoms with Crippen LogP contribution in [0.1, 0.15) is 26.7 Å². The Labute approximate surface area is 169 Å². The lowest BCUT2D eigenvalue weighted by Gasteiger charge is -2.35. The van der Waals surface area contributed by atoms with E-state index in [-0.39, 0.29) is 35.9 Å². The van der Waals surface area contributed by atoms with Gasteiger partial charge in [0.15, 0.2) is 11.6 Å². The first-order valence-electron chi connectivity index (χ1n) is 9.40. The number of nitrogens with zero attached hydrogens (tertiary/aromatic N) is 3. The molecule has 2 heterocycles. The van der Waals surface area contributed by atoms with Crippen LogP contribution in [0.5, 0.6) is 0 Å². The highest BCUT2D eigenvalue weighted by atomic mass is 32.2. The largest absolute Gasteiger partial charge is 0.308 e. The van der Waals surface area contributed by atoms with E-state index in [2.05, 4.69) is 4.98 Å². The second-order valence-electron chi connectivity index (χ2n) is 7.27. The zero-order valence-electron chi connectivity index (χ0n) is 16.3. The number of amides is 1. The highest BCUT2D eigenvalue weighted by Gasteiger charge is 2.35. The smallest absolute Gasteiger partial charge is 0.243 e. The van der Waals surface area contributed by atoms with E-state index >= 15 is 0 Å². The number of rotatable bonds is 5. The Morgan fingerprint density at radius 1 is 1.17 bits per heavy atom.